The zero-order valence-electron chi connectivity index (χ0n) is 17.1. The van der Waals surface area contributed by atoms with Crippen molar-refractivity contribution >= 4 is 34.3 Å². The van der Waals surface area contributed by atoms with Crippen LogP contribution in [0.3, 0.4) is 0 Å². The number of carbonyl (C=O) groups excluding carboxylic acids is 2. The van der Waals surface area contributed by atoms with Crippen LogP contribution in [0.2, 0.25) is 0 Å². The first kappa shape index (κ1) is 20.4. The molecule has 2 amide bonds. The normalized spacial score (nSPS) is 11.4. The molecule has 29 heavy (non-hydrogen) atoms. The molecule has 0 bridgehead atoms. The third-order valence-corrected chi connectivity index (χ3v) is 4.44. The lowest BCUT2D eigenvalue weighted by Crippen LogP contribution is -2.27. The molecule has 0 saturated carbocycles. The van der Waals surface area contributed by atoms with Gasteiger partial charge < -0.3 is 15.0 Å². The van der Waals surface area contributed by atoms with Gasteiger partial charge in [-0.05, 0) is 76.6 Å². The number of rotatable bonds is 3. The fourth-order valence-corrected chi connectivity index (χ4v) is 2.94. The van der Waals surface area contributed by atoms with E-state index in [0.29, 0.717) is 5.56 Å². The summed E-state index contributed by atoms with van der Waals surface area (Å²) in [6, 6.07) is 9.01. The first-order valence-corrected chi connectivity index (χ1v) is 9.23. The maximum atomic E-state index is 13.8. The van der Waals surface area contributed by atoms with Crippen LogP contribution in [0.15, 0.2) is 36.4 Å². The van der Waals surface area contributed by atoms with Crippen LogP contribution in [-0.4, -0.2) is 22.6 Å². The Labute approximate surface area is 168 Å². The number of hydrogen-bond donors (Lipinski definition) is 3. The van der Waals surface area contributed by atoms with E-state index in [1.54, 1.807) is 32.9 Å². The van der Waals surface area contributed by atoms with Crippen molar-refractivity contribution in [2.24, 2.45) is 0 Å². The van der Waals surface area contributed by atoms with Crippen LogP contribution in [0, 0.1) is 19.7 Å². The number of aromatic amines is 1. The SMILES string of the molecule is Cc1[nH]c2ccc(C(=O)Nc3cc(F)ccc3NC(=O)OC(C)(C)C)cc2c1C. The van der Waals surface area contributed by atoms with Crippen LogP contribution in [0.25, 0.3) is 10.9 Å². The summed E-state index contributed by atoms with van der Waals surface area (Å²) in [4.78, 5) is 28.1. The highest BCUT2D eigenvalue weighted by atomic mass is 19.1. The zero-order valence-corrected chi connectivity index (χ0v) is 17.1. The molecular weight excluding hydrogens is 373 g/mol. The molecule has 3 rings (SSSR count). The lowest BCUT2D eigenvalue weighted by Gasteiger charge is -2.20. The Morgan fingerprint density at radius 1 is 1.00 bits per heavy atom. The largest absolute Gasteiger partial charge is 0.444 e. The van der Waals surface area contributed by atoms with Crippen molar-refractivity contribution in [1.82, 2.24) is 4.98 Å². The molecule has 0 aliphatic heterocycles. The molecule has 0 radical (unpaired) electrons. The highest BCUT2D eigenvalue weighted by molar-refractivity contribution is 6.08. The summed E-state index contributed by atoms with van der Waals surface area (Å²) in [7, 11) is 0. The van der Waals surface area contributed by atoms with Crippen molar-refractivity contribution in [1.29, 1.82) is 0 Å². The molecule has 0 saturated heterocycles. The second-order valence-electron chi connectivity index (χ2n) is 7.91. The summed E-state index contributed by atoms with van der Waals surface area (Å²) in [6.07, 6.45) is -0.695. The van der Waals surface area contributed by atoms with Gasteiger partial charge >= 0.3 is 6.09 Å². The minimum atomic E-state index is -0.695. The van der Waals surface area contributed by atoms with Crippen molar-refractivity contribution in [2.45, 2.75) is 40.2 Å². The van der Waals surface area contributed by atoms with Gasteiger partial charge in [0.1, 0.15) is 11.4 Å². The van der Waals surface area contributed by atoms with E-state index >= 15 is 0 Å². The minimum absolute atomic E-state index is 0.142. The molecule has 3 N–H and O–H groups in total. The molecule has 7 heteroatoms. The van der Waals surface area contributed by atoms with E-state index in [4.69, 9.17) is 4.74 Å². The van der Waals surface area contributed by atoms with Crippen LogP contribution in [0.4, 0.5) is 20.6 Å². The third kappa shape index (κ3) is 4.74. The van der Waals surface area contributed by atoms with Crippen LogP contribution in [0.5, 0.6) is 0 Å². The number of fused-ring (bicyclic) bond motifs is 1. The van der Waals surface area contributed by atoms with Gasteiger partial charge in [-0.15, -0.1) is 0 Å². The van der Waals surface area contributed by atoms with Crippen molar-refractivity contribution in [3.8, 4) is 0 Å². The Morgan fingerprint density at radius 2 is 1.72 bits per heavy atom. The van der Waals surface area contributed by atoms with Crippen LogP contribution in [0.1, 0.15) is 42.4 Å². The highest BCUT2D eigenvalue weighted by Crippen LogP contribution is 2.26. The average molecular weight is 397 g/mol. The number of amides is 2. The molecule has 1 aromatic heterocycles. The number of benzene rings is 2. The second-order valence-corrected chi connectivity index (χ2v) is 7.91. The van der Waals surface area contributed by atoms with E-state index in [0.717, 1.165) is 28.2 Å². The molecule has 0 unspecified atom stereocenters. The molecule has 0 fully saturated rings. The molecular formula is C22H24FN3O3. The topological polar surface area (TPSA) is 83.2 Å². The molecule has 3 aromatic rings. The van der Waals surface area contributed by atoms with Crippen molar-refractivity contribution in [3.63, 3.8) is 0 Å². The van der Waals surface area contributed by atoms with Crippen molar-refractivity contribution in [2.75, 3.05) is 10.6 Å². The van der Waals surface area contributed by atoms with Crippen LogP contribution < -0.4 is 10.6 Å². The van der Waals surface area contributed by atoms with E-state index in [1.165, 1.54) is 12.1 Å². The molecule has 152 valence electrons. The molecule has 1 heterocycles. The summed E-state index contributed by atoms with van der Waals surface area (Å²) in [5.74, 6) is -0.953. The zero-order chi connectivity index (χ0) is 21.3. The predicted molar refractivity (Wildman–Crippen MR) is 112 cm³/mol. The fraction of sp³-hybridized carbons (Fsp3) is 0.273. The third-order valence-electron chi connectivity index (χ3n) is 4.44. The highest BCUT2D eigenvalue weighted by Gasteiger charge is 2.18. The Hall–Kier alpha value is -3.35. The number of carbonyl (C=O) groups is 2. The lowest BCUT2D eigenvalue weighted by molar-refractivity contribution is 0.0635. The quantitative estimate of drug-likeness (QED) is 0.544. The Kier molecular flexibility index (Phi) is 5.33. The first-order valence-electron chi connectivity index (χ1n) is 9.23. The van der Waals surface area contributed by atoms with E-state index in [1.807, 2.05) is 19.9 Å². The van der Waals surface area contributed by atoms with E-state index in [9.17, 15) is 14.0 Å². The number of hydrogen-bond acceptors (Lipinski definition) is 3. The number of anilines is 2. The summed E-state index contributed by atoms with van der Waals surface area (Å²) in [6.45, 7) is 9.16. The van der Waals surface area contributed by atoms with E-state index < -0.39 is 23.4 Å². The van der Waals surface area contributed by atoms with Crippen LogP contribution in [-0.2, 0) is 4.74 Å². The summed E-state index contributed by atoms with van der Waals surface area (Å²) in [5.41, 5.74) is 3.16. The van der Waals surface area contributed by atoms with Gasteiger partial charge in [0.15, 0.2) is 0 Å². The van der Waals surface area contributed by atoms with Gasteiger partial charge in [-0.2, -0.15) is 0 Å². The lowest BCUT2D eigenvalue weighted by atomic mass is 10.1. The number of ether oxygens (including phenoxy) is 1. The van der Waals surface area contributed by atoms with Gasteiger partial charge in [0.2, 0.25) is 0 Å². The Morgan fingerprint density at radius 3 is 2.41 bits per heavy atom. The number of halogens is 1. The Balaban J connectivity index is 1.85. The fourth-order valence-electron chi connectivity index (χ4n) is 2.94. The van der Waals surface area contributed by atoms with Crippen molar-refractivity contribution in [3.05, 3.63) is 59.0 Å². The van der Waals surface area contributed by atoms with E-state index in [-0.39, 0.29) is 11.4 Å². The minimum Gasteiger partial charge on any atom is -0.444 e. The molecule has 2 aromatic carbocycles. The van der Waals surface area contributed by atoms with Gasteiger partial charge in [-0.25, -0.2) is 9.18 Å². The maximum absolute atomic E-state index is 13.8. The molecule has 6 nitrogen and oxygen atoms in total. The van der Waals surface area contributed by atoms with Crippen LogP contribution >= 0.6 is 0 Å². The smallest absolute Gasteiger partial charge is 0.412 e. The Bertz CT molecular complexity index is 1100. The average Bonchev–Trinajstić information content (AvgIpc) is 2.89. The molecule has 0 atom stereocenters. The summed E-state index contributed by atoms with van der Waals surface area (Å²) in [5, 5.41) is 6.16. The predicted octanol–water partition coefficient (Wildman–Crippen LogP) is 5.52. The van der Waals surface area contributed by atoms with E-state index in [2.05, 4.69) is 15.6 Å². The monoisotopic (exact) mass is 397 g/mol. The molecule has 0 aliphatic carbocycles. The number of nitrogens with one attached hydrogen (secondary N) is 3. The first-order chi connectivity index (χ1) is 13.5. The second kappa shape index (κ2) is 7.58. The number of aryl methyl sites for hydroxylation is 2. The molecule has 0 spiro atoms. The van der Waals surface area contributed by atoms with Crippen molar-refractivity contribution < 1.29 is 18.7 Å². The number of aromatic nitrogens is 1. The number of H-pyrrole nitrogens is 1. The summed E-state index contributed by atoms with van der Waals surface area (Å²) < 4.78 is 19.0. The van der Waals surface area contributed by atoms with Gasteiger partial charge in [0.25, 0.3) is 5.91 Å². The van der Waals surface area contributed by atoms with Gasteiger partial charge in [0, 0.05) is 22.2 Å². The standard InChI is InChI=1S/C22H24FN3O3/c1-12-13(2)24-17-8-6-14(10-16(12)17)20(27)25-19-11-15(23)7-9-18(19)26-21(28)29-22(3,4)5/h6-11,24H,1-5H3,(H,25,27)(H,26,28). The maximum Gasteiger partial charge on any atom is 0.412 e. The van der Waals surface area contributed by atoms with Gasteiger partial charge in [0.05, 0.1) is 11.4 Å². The van der Waals surface area contributed by atoms with Gasteiger partial charge in [-0.3, -0.25) is 10.1 Å². The summed E-state index contributed by atoms with van der Waals surface area (Å²) >= 11 is 0. The molecule has 0 aliphatic rings. The van der Waals surface area contributed by atoms with Gasteiger partial charge in [-0.1, -0.05) is 0 Å².